The number of fused-ring (bicyclic) bond motifs is 1. The Morgan fingerprint density at radius 1 is 1.14 bits per heavy atom. The van der Waals surface area contributed by atoms with Gasteiger partial charge in [0.25, 0.3) is 5.56 Å². The molecule has 0 bridgehead atoms. The summed E-state index contributed by atoms with van der Waals surface area (Å²) in [6.45, 7) is 0. The molecule has 0 aliphatic carbocycles. The minimum atomic E-state index is -0.0179. The number of thiazole rings is 1. The predicted octanol–water partition coefficient (Wildman–Crippen LogP) is 4.43. The van der Waals surface area contributed by atoms with Gasteiger partial charge in [0.15, 0.2) is 5.16 Å². The van der Waals surface area contributed by atoms with E-state index < -0.39 is 0 Å². The summed E-state index contributed by atoms with van der Waals surface area (Å²) in [5.74, 6) is 2.09. The van der Waals surface area contributed by atoms with Gasteiger partial charge in [-0.25, -0.2) is 9.97 Å². The standard InChI is InChI=1S/C19H17N3O3S3/c1-22-18(23)14-6-7-26-17(14)21-19(22)28-10-11-9-27-16(20-11)13-5-4-12(24-2)8-15(13)25-3/h4-9H,10H2,1-3H3. The Bertz CT molecular complexity index is 1200. The van der Waals surface area contributed by atoms with E-state index >= 15 is 0 Å². The van der Waals surface area contributed by atoms with Gasteiger partial charge in [0, 0.05) is 24.2 Å². The molecule has 4 aromatic rings. The van der Waals surface area contributed by atoms with Crippen LogP contribution in [0, 0.1) is 0 Å². The summed E-state index contributed by atoms with van der Waals surface area (Å²) in [6.07, 6.45) is 0. The number of nitrogens with zero attached hydrogens (tertiary/aromatic N) is 3. The van der Waals surface area contributed by atoms with Gasteiger partial charge in [0.2, 0.25) is 0 Å². The zero-order valence-electron chi connectivity index (χ0n) is 15.5. The highest BCUT2D eigenvalue weighted by Gasteiger charge is 2.14. The van der Waals surface area contributed by atoms with E-state index in [2.05, 4.69) is 4.98 Å². The van der Waals surface area contributed by atoms with E-state index in [1.165, 1.54) is 23.1 Å². The third-order valence-corrected chi connectivity index (χ3v) is 7.00. The quantitative estimate of drug-likeness (QED) is 0.332. The molecule has 3 aromatic heterocycles. The summed E-state index contributed by atoms with van der Waals surface area (Å²) in [4.78, 5) is 22.5. The Morgan fingerprint density at radius 2 is 2.00 bits per heavy atom. The van der Waals surface area contributed by atoms with Gasteiger partial charge in [0.1, 0.15) is 21.3 Å². The number of hydrogen-bond donors (Lipinski definition) is 0. The first kappa shape index (κ1) is 19.0. The number of thiophene rings is 1. The number of thioether (sulfide) groups is 1. The number of benzene rings is 1. The van der Waals surface area contributed by atoms with E-state index in [-0.39, 0.29) is 5.56 Å². The fourth-order valence-corrected chi connectivity index (χ4v) is 5.34. The zero-order valence-corrected chi connectivity index (χ0v) is 17.9. The fraction of sp³-hybridized carbons (Fsp3) is 0.211. The van der Waals surface area contributed by atoms with Crippen LogP contribution in [0.15, 0.2) is 45.0 Å². The number of hydrogen-bond acceptors (Lipinski definition) is 8. The van der Waals surface area contributed by atoms with Gasteiger partial charge in [-0.3, -0.25) is 9.36 Å². The van der Waals surface area contributed by atoms with Gasteiger partial charge < -0.3 is 9.47 Å². The lowest BCUT2D eigenvalue weighted by Crippen LogP contribution is -2.19. The summed E-state index contributed by atoms with van der Waals surface area (Å²) >= 11 is 4.55. The van der Waals surface area contributed by atoms with Crippen molar-refractivity contribution in [3.8, 4) is 22.1 Å². The Balaban J connectivity index is 1.56. The van der Waals surface area contributed by atoms with Crippen molar-refractivity contribution in [1.82, 2.24) is 14.5 Å². The summed E-state index contributed by atoms with van der Waals surface area (Å²) in [7, 11) is 5.01. The molecule has 28 heavy (non-hydrogen) atoms. The molecule has 0 aliphatic rings. The van der Waals surface area contributed by atoms with Crippen molar-refractivity contribution >= 4 is 44.7 Å². The van der Waals surface area contributed by atoms with Crippen LogP contribution >= 0.6 is 34.4 Å². The fourth-order valence-electron chi connectivity index (χ4n) is 2.72. The van der Waals surface area contributed by atoms with Crippen LogP contribution in [0.5, 0.6) is 11.5 Å². The van der Waals surface area contributed by atoms with Crippen LogP contribution in [-0.4, -0.2) is 28.8 Å². The van der Waals surface area contributed by atoms with Crippen LogP contribution in [0.2, 0.25) is 0 Å². The second kappa shape index (κ2) is 7.94. The SMILES string of the molecule is COc1ccc(-c2nc(CSc3nc4sccc4c(=O)n3C)cs2)c(OC)c1. The Morgan fingerprint density at radius 3 is 2.79 bits per heavy atom. The summed E-state index contributed by atoms with van der Waals surface area (Å²) in [6, 6.07) is 7.51. The first-order valence-corrected chi connectivity index (χ1v) is 11.1. The van der Waals surface area contributed by atoms with Gasteiger partial charge in [0.05, 0.1) is 30.9 Å². The maximum Gasteiger partial charge on any atom is 0.262 e. The minimum absolute atomic E-state index is 0.0179. The van der Waals surface area contributed by atoms with Crippen molar-refractivity contribution in [1.29, 1.82) is 0 Å². The van der Waals surface area contributed by atoms with Crippen LogP contribution in [0.25, 0.3) is 20.8 Å². The molecule has 0 N–H and O–H groups in total. The highest BCUT2D eigenvalue weighted by atomic mass is 32.2. The Hall–Kier alpha value is -2.36. The van der Waals surface area contributed by atoms with E-state index in [1.807, 2.05) is 35.0 Å². The molecular formula is C19H17N3O3S3. The van der Waals surface area contributed by atoms with Crippen molar-refractivity contribution in [3.63, 3.8) is 0 Å². The van der Waals surface area contributed by atoms with Gasteiger partial charge in [-0.15, -0.1) is 22.7 Å². The average Bonchev–Trinajstić information content (AvgIpc) is 3.38. The Labute approximate surface area is 173 Å². The van der Waals surface area contributed by atoms with Crippen LogP contribution < -0.4 is 15.0 Å². The molecule has 9 heteroatoms. The molecule has 0 atom stereocenters. The predicted molar refractivity (Wildman–Crippen MR) is 115 cm³/mol. The second-order valence-electron chi connectivity index (χ2n) is 5.90. The van der Waals surface area contributed by atoms with E-state index in [0.717, 1.165) is 32.6 Å². The second-order valence-corrected chi connectivity index (χ2v) is 8.59. The molecule has 0 fully saturated rings. The number of rotatable bonds is 6. The molecule has 3 heterocycles. The molecule has 0 saturated heterocycles. The van der Waals surface area contributed by atoms with Gasteiger partial charge in [-0.05, 0) is 23.6 Å². The molecule has 144 valence electrons. The monoisotopic (exact) mass is 431 g/mol. The maximum atomic E-state index is 12.4. The highest BCUT2D eigenvalue weighted by Crippen LogP contribution is 2.35. The normalized spacial score (nSPS) is 11.1. The maximum absolute atomic E-state index is 12.4. The smallest absolute Gasteiger partial charge is 0.262 e. The van der Waals surface area contributed by atoms with Crippen LogP contribution in [0.3, 0.4) is 0 Å². The van der Waals surface area contributed by atoms with Gasteiger partial charge in [-0.1, -0.05) is 11.8 Å². The van der Waals surface area contributed by atoms with Crippen LogP contribution in [-0.2, 0) is 12.8 Å². The number of aromatic nitrogens is 3. The summed E-state index contributed by atoms with van der Waals surface area (Å²) < 4.78 is 12.3. The molecule has 6 nitrogen and oxygen atoms in total. The number of ether oxygens (including phenoxy) is 2. The first-order chi connectivity index (χ1) is 13.6. The van der Waals surface area contributed by atoms with Crippen molar-refractivity contribution < 1.29 is 9.47 Å². The van der Waals surface area contributed by atoms with E-state index in [1.54, 1.807) is 37.2 Å². The van der Waals surface area contributed by atoms with Gasteiger partial charge in [-0.2, -0.15) is 0 Å². The van der Waals surface area contributed by atoms with Gasteiger partial charge >= 0.3 is 0 Å². The first-order valence-electron chi connectivity index (χ1n) is 8.34. The van der Waals surface area contributed by atoms with Crippen LogP contribution in [0.4, 0.5) is 0 Å². The van der Waals surface area contributed by atoms with E-state index in [9.17, 15) is 4.79 Å². The molecule has 4 rings (SSSR count). The molecule has 0 spiro atoms. The third kappa shape index (κ3) is 3.52. The topological polar surface area (TPSA) is 66.2 Å². The summed E-state index contributed by atoms with van der Waals surface area (Å²) in [5.41, 5.74) is 1.84. The lowest BCUT2D eigenvalue weighted by Gasteiger charge is -2.08. The molecule has 0 unspecified atom stereocenters. The van der Waals surface area contributed by atoms with Crippen molar-refractivity contribution in [2.75, 3.05) is 14.2 Å². The molecule has 0 saturated carbocycles. The lowest BCUT2D eigenvalue weighted by molar-refractivity contribution is 0.395. The van der Waals surface area contributed by atoms with Crippen molar-refractivity contribution in [3.05, 3.63) is 51.1 Å². The highest BCUT2D eigenvalue weighted by molar-refractivity contribution is 7.98. The Kier molecular flexibility index (Phi) is 5.38. The lowest BCUT2D eigenvalue weighted by atomic mass is 10.2. The molecular weight excluding hydrogens is 414 g/mol. The van der Waals surface area contributed by atoms with E-state index in [0.29, 0.717) is 16.3 Å². The van der Waals surface area contributed by atoms with Crippen molar-refractivity contribution in [2.24, 2.45) is 7.05 Å². The largest absolute Gasteiger partial charge is 0.497 e. The summed E-state index contributed by atoms with van der Waals surface area (Å²) in [5, 5.41) is 6.15. The molecule has 0 radical (unpaired) electrons. The molecule has 0 amide bonds. The average molecular weight is 432 g/mol. The molecule has 1 aromatic carbocycles. The van der Waals surface area contributed by atoms with Crippen LogP contribution in [0.1, 0.15) is 5.69 Å². The minimum Gasteiger partial charge on any atom is -0.497 e. The molecule has 0 aliphatic heterocycles. The zero-order chi connectivity index (χ0) is 19.7. The number of methoxy groups -OCH3 is 2. The third-order valence-electron chi connectivity index (χ3n) is 4.20. The van der Waals surface area contributed by atoms with E-state index in [4.69, 9.17) is 14.5 Å². The van der Waals surface area contributed by atoms with Crippen molar-refractivity contribution in [2.45, 2.75) is 10.9 Å².